The van der Waals surface area contributed by atoms with Crippen molar-refractivity contribution in [3.05, 3.63) is 58.0 Å². The Morgan fingerprint density at radius 3 is 2.73 bits per heavy atom. The first-order valence-electron chi connectivity index (χ1n) is 8.51. The monoisotopic (exact) mass is 433 g/mol. The summed E-state index contributed by atoms with van der Waals surface area (Å²) in [4.78, 5) is 24.2. The van der Waals surface area contributed by atoms with Crippen molar-refractivity contribution in [2.75, 3.05) is 17.4 Å². The molecule has 12 heteroatoms. The van der Waals surface area contributed by atoms with Crippen molar-refractivity contribution >= 4 is 34.6 Å². The van der Waals surface area contributed by atoms with Crippen LogP contribution in [0.3, 0.4) is 0 Å². The van der Waals surface area contributed by atoms with Gasteiger partial charge in [0.1, 0.15) is 16.6 Å². The maximum atomic E-state index is 13.5. The molecule has 0 unspecified atom stereocenters. The predicted octanol–water partition coefficient (Wildman–Crippen LogP) is 3.12. The smallest absolute Gasteiger partial charge is 0.319 e. The molecule has 0 spiro atoms. The molecule has 1 aliphatic heterocycles. The minimum atomic E-state index is -0.773. The fourth-order valence-electron chi connectivity index (χ4n) is 2.49. The highest BCUT2D eigenvalue weighted by Crippen LogP contribution is 2.34. The molecule has 0 saturated carbocycles. The molecular weight excluding hydrogens is 420 g/mol. The minimum absolute atomic E-state index is 0.0578. The van der Waals surface area contributed by atoms with Crippen LogP contribution < -0.4 is 25.4 Å². The first-order valence-corrected chi connectivity index (χ1v) is 9.33. The molecule has 0 bridgehead atoms. The van der Waals surface area contributed by atoms with E-state index in [2.05, 4.69) is 26.1 Å². The summed E-state index contributed by atoms with van der Waals surface area (Å²) >= 11 is 0.973. The molecule has 30 heavy (non-hydrogen) atoms. The summed E-state index contributed by atoms with van der Waals surface area (Å²) in [6, 6.07) is 6.90. The molecule has 2 heterocycles. The summed E-state index contributed by atoms with van der Waals surface area (Å²) in [6.07, 6.45) is 0. The number of ether oxygens (including phenoxy) is 2. The molecule has 0 radical (unpaired) electrons. The average molecular weight is 433 g/mol. The molecule has 9 nitrogen and oxygen atoms in total. The molecule has 1 aliphatic rings. The maximum Gasteiger partial charge on any atom is 0.319 e. The number of nitrogens with one attached hydrogen (secondary N) is 3. The summed E-state index contributed by atoms with van der Waals surface area (Å²) in [5.41, 5.74) is 0.198. The molecule has 0 atom stereocenters. The number of anilines is 2. The average Bonchev–Trinajstić information content (AvgIpc) is 3.38. The Bertz CT molecular complexity index is 1120. The Labute approximate surface area is 172 Å². The molecule has 4 rings (SSSR count). The lowest BCUT2D eigenvalue weighted by atomic mass is 10.3. The summed E-state index contributed by atoms with van der Waals surface area (Å²) in [5.74, 6) is -0.827. The fraction of sp³-hybridized carbons (Fsp3) is 0.111. The minimum Gasteiger partial charge on any atom is -0.454 e. The lowest BCUT2D eigenvalue weighted by molar-refractivity contribution is 0.102. The Morgan fingerprint density at radius 1 is 1.03 bits per heavy atom. The van der Waals surface area contributed by atoms with E-state index in [0.29, 0.717) is 22.2 Å². The van der Waals surface area contributed by atoms with Crippen LogP contribution in [-0.2, 0) is 6.54 Å². The van der Waals surface area contributed by atoms with E-state index in [1.54, 1.807) is 18.2 Å². The number of carbonyl (C=O) groups is 2. The normalized spacial score (nSPS) is 11.8. The first-order chi connectivity index (χ1) is 14.5. The lowest BCUT2D eigenvalue weighted by Gasteiger charge is -2.07. The maximum absolute atomic E-state index is 13.5. The number of fused-ring (bicyclic) bond motifs is 1. The number of hydrogen-bond donors (Lipinski definition) is 3. The van der Waals surface area contributed by atoms with E-state index in [9.17, 15) is 18.4 Å². The molecule has 0 saturated heterocycles. The molecule has 3 N–H and O–H groups in total. The van der Waals surface area contributed by atoms with Gasteiger partial charge in [-0.05, 0) is 24.3 Å². The largest absolute Gasteiger partial charge is 0.454 e. The highest BCUT2D eigenvalue weighted by Gasteiger charge is 2.17. The van der Waals surface area contributed by atoms with Gasteiger partial charge < -0.3 is 25.4 Å². The van der Waals surface area contributed by atoms with Gasteiger partial charge in [-0.25, -0.2) is 13.6 Å². The Morgan fingerprint density at radius 2 is 1.87 bits per heavy atom. The van der Waals surface area contributed by atoms with Crippen LogP contribution in [0.15, 0.2) is 36.4 Å². The van der Waals surface area contributed by atoms with E-state index >= 15 is 0 Å². The van der Waals surface area contributed by atoms with E-state index in [1.807, 2.05) is 0 Å². The van der Waals surface area contributed by atoms with E-state index < -0.39 is 23.6 Å². The first kappa shape index (κ1) is 19.5. The third kappa shape index (κ3) is 4.43. The zero-order chi connectivity index (χ0) is 21.1. The SMILES string of the molecule is O=C(NCc1nnc(C(=O)Nc2ccc3c(c2)OCO3)s1)Nc1cc(F)ccc1F. The van der Waals surface area contributed by atoms with Crippen molar-refractivity contribution < 1.29 is 27.8 Å². The standard InChI is InChI=1S/C18H13F2N5O4S/c19-9-1-3-11(20)12(5-9)23-18(27)21-7-15-24-25-17(30-15)16(26)22-10-2-4-13-14(6-10)29-8-28-13/h1-6H,7-8H2,(H,22,26)(H2,21,23,27). The Kier molecular flexibility index (Phi) is 5.39. The quantitative estimate of drug-likeness (QED) is 0.570. The van der Waals surface area contributed by atoms with Crippen LogP contribution in [0.25, 0.3) is 0 Å². The predicted molar refractivity (Wildman–Crippen MR) is 103 cm³/mol. The second kappa shape index (κ2) is 8.29. The highest BCUT2D eigenvalue weighted by molar-refractivity contribution is 7.13. The highest BCUT2D eigenvalue weighted by atomic mass is 32.1. The molecule has 3 amide bonds. The van der Waals surface area contributed by atoms with Gasteiger partial charge in [0.2, 0.25) is 11.8 Å². The number of halogens is 2. The van der Waals surface area contributed by atoms with E-state index in [4.69, 9.17) is 9.47 Å². The van der Waals surface area contributed by atoms with Crippen molar-refractivity contribution in [3.8, 4) is 11.5 Å². The number of hydrogen-bond acceptors (Lipinski definition) is 7. The Balaban J connectivity index is 1.32. The van der Waals surface area contributed by atoms with Crippen LogP contribution in [-0.4, -0.2) is 28.9 Å². The van der Waals surface area contributed by atoms with Gasteiger partial charge in [0.15, 0.2) is 11.5 Å². The van der Waals surface area contributed by atoms with Crippen molar-refractivity contribution in [3.63, 3.8) is 0 Å². The molecule has 3 aromatic rings. The van der Waals surface area contributed by atoms with Gasteiger partial charge in [0.05, 0.1) is 12.2 Å². The van der Waals surface area contributed by atoms with Crippen molar-refractivity contribution in [2.24, 2.45) is 0 Å². The number of rotatable bonds is 5. The van der Waals surface area contributed by atoms with E-state index in [-0.39, 0.29) is 24.0 Å². The van der Waals surface area contributed by atoms with Crippen LogP contribution in [0.5, 0.6) is 11.5 Å². The van der Waals surface area contributed by atoms with Crippen LogP contribution >= 0.6 is 11.3 Å². The number of aromatic nitrogens is 2. The van der Waals surface area contributed by atoms with Crippen LogP contribution in [0.1, 0.15) is 14.8 Å². The number of carbonyl (C=O) groups excluding carboxylic acids is 2. The van der Waals surface area contributed by atoms with Crippen molar-refractivity contribution in [2.45, 2.75) is 6.54 Å². The van der Waals surface area contributed by atoms with E-state index in [1.165, 1.54) is 0 Å². The molecule has 1 aromatic heterocycles. The summed E-state index contributed by atoms with van der Waals surface area (Å²) in [6.45, 7) is 0.0661. The lowest BCUT2D eigenvalue weighted by Crippen LogP contribution is -2.28. The number of amides is 3. The van der Waals surface area contributed by atoms with Crippen molar-refractivity contribution in [1.29, 1.82) is 0 Å². The van der Waals surface area contributed by atoms with Gasteiger partial charge >= 0.3 is 6.03 Å². The zero-order valence-electron chi connectivity index (χ0n) is 15.1. The Hall–Kier alpha value is -3.80. The van der Waals surface area contributed by atoms with Gasteiger partial charge in [-0.15, -0.1) is 10.2 Å². The van der Waals surface area contributed by atoms with Crippen molar-refractivity contribution in [1.82, 2.24) is 15.5 Å². The summed E-state index contributed by atoms with van der Waals surface area (Å²) < 4.78 is 37.2. The van der Waals surface area contributed by atoms with Crippen LogP contribution in [0.4, 0.5) is 25.0 Å². The second-order valence-corrected chi connectivity index (χ2v) is 7.02. The molecule has 0 fully saturated rings. The van der Waals surface area contributed by atoms with Crippen LogP contribution in [0.2, 0.25) is 0 Å². The number of urea groups is 1. The molecule has 154 valence electrons. The topological polar surface area (TPSA) is 114 Å². The fourth-order valence-corrected chi connectivity index (χ4v) is 3.17. The van der Waals surface area contributed by atoms with Gasteiger partial charge in [0, 0.05) is 17.8 Å². The molecule has 0 aliphatic carbocycles. The summed E-state index contributed by atoms with van der Waals surface area (Å²) in [7, 11) is 0. The van der Waals surface area contributed by atoms with Gasteiger partial charge in [-0.2, -0.15) is 0 Å². The third-order valence-corrected chi connectivity index (χ3v) is 4.79. The van der Waals surface area contributed by atoms with Gasteiger partial charge in [-0.1, -0.05) is 11.3 Å². The number of benzene rings is 2. The second-order valence-electron chi connectivity index (χ2n) is 5.95. The summed E-state index contributed by atoms with van der Waals surface area (Å²) in [5, 5.41) is 15.3. The third-order valence-electron chi connectivity index (χ3n) is 3.87. The van der Waals surface area contributed by atoms with Gasteiger partial charge in [0.25, 0.3) is 5.91 Å². The molecule has 2 aromatic carbocycles. The van der Waals surface area contributed by atoms with E-state index in [0.717, 1.165) is 29.5 Å². The zero-order valence-corrected chi connectivity index (χ0v) is 15.9. The van der Waals surface area contributed by atoms with Gasteiger partial charge in [-0.3, -0.25) is 4.79 Å². The number of nitrogens with zero attached hydrogens (tertiary/aromatic N) is 2. The van der Waals surface area contributed by atoms with Crippen LogP contribution in [0, 0.1) is 11.6 Å². The molecular formula is C18H13F2N5O4S.